The second-order valence-corrected chi connectivity index (χ2v) is 6.22. The Kier molecular flexibility index (Phi) is 7.50. The van der Waals surface area contributed by atoms with Crippen molar-refractivity contribution in [2.45, 2.75) is 32.5 Å². The number of nitrogens with one attached hydrogen (secondary N) is 1. The highest BCUT2D eigenvalue weighted by Crippen LogP contribution is 2.29. The molecule has 1 aliphatic rings. The summed E-state index contributed by atoms with van der Waals surface area (Å²) in [5.41, 5.74) is 1.54. The zero-order valence-electron chi connectivity index (χ0n) is 15.3. The Bertz CT molecular complexity index is 624. The van der Waals surface area contributed by atoms with Crippen LogP contribution in [-0.4, -0.2) is 44.2 Å². The van der Waals surface area contributed by atoms with E-state index in [4.69, 9.17) is 4.74 Å². The van der Waals surface area contributed by atoms with Gasteiger partial charge >= 0.3 is 6.18 Å². The summed E-state index contributed by atoms with van der Waals surface area (Å²) < 4.78 is 43.3. The van der Waals surface area contributed by atoms with E-state index in [0.29, 0.717) is 19.7 Å². The molecule has 4 nitrogen and oxygen atoms in total. The van der Waals surface area contributed by atoms with Crippen LogP contribution in [0.5, 0.6) is 0 Å². The zero-order chi connectivity index (χ0) is 19.0. The molecule has 0 aromatic heterocycles. The molecule has 0 atom stereocenters. The van der Waals surface area contributed by atoms with Crippen molar-refractivity contribution in [2.24, 2.45) is 4.99 Å². The van der Waals surface area contributed by atoms with Crippen LogP contribution in [0.15, 0.2) is 40.9 Å². The van der Waals surface area contributed by atoms with Crippen molar-refractivity contribution >= 4 is 5.96 Å². The first-order valence-corrected chi connectivity index (χ1v) is 8.81. The number of nitrogens with zero attached hydrogens (tertiary/aromatic N) is 2. The Balaban J connectivity index is 1.95. The molecule has 1 aromatic rings. The first-order chi connectivity index (χ1) is 12.4. The summed E-state index contributed by atoms with van der Waals surface area (Å²) in [6.07, 6.45) is -0.350. The Morgan fingerprint density at radius 1 is 1.27 bits per heavy atom. The van der Waals surface area contributed by atoms with E-state index in [1.807, 2.05) is 18.9 Å². The minimum atomic E-state index is -4.31. The molecule has 1 aromatic carbocycles. The van der Waals surface area contributed by atoms with E-state index >= 15 is 0 Å². The maximum atomic E-state index is 12.7. The molecule has 2 rings (SSSR count). The molecule has 0 saturated heterocycles. The summed E-state index contributed by atoms with van der Waals surface area (Å²) >= 11 is 0. The van der Waals surface area contributed by atoms with Gasteiger partial charge in [-0.1, -0.05) is 23.8 Å². The largest absolute Gasteiger partial charge is 0.416 e. The van der Waals surface area contributed by atoms with Gasteiger partial charge < -0.3 is 15.0 Å². The van der Waals surface area contributed by atoms with Crippen molar-refractivity contribution in [2.75, 3.05) is 33.4 Å². The van der Waals surface area contributed by atoms with Gasteiger partial charge in [0.25, 0.3) is 0 Å². The van der Waals surface area contributed by atoms with Crippen molar-refractivity contribution < 1.29 is 17.9 Å². The molecule has 1 heterocycles. The van der Waals surface area contributed by atoms with Gasteiger partial charge in [-0.25, -0.2) is 0 Å². The molecule has 0 amide bonds. The molecule has 144 valence electrons. The molecular weight excluding hydrogens is 343 g/mol. The van der Waals surface area contributed by atoms with Crippen LogP contribution in [0.2, 0.25) is 0 Å². The average Bonchev–Trinajstić information content (AvgIpc) is 2.61. The monoisotopic (exact) mass is 369 g/mol. The van der Waals surface area contributed by atoms with Gasteiger partial charge in [-0.05, 0) is 37.5 Å². The minimum absolute atomic E-state index is 0.487. The molecule has 0 fully saturated rings. The summed E-state index contributed by atoms with van der Waals surface area (Å²) in [5.74, 6) is 0.750. The number of hydrogen-bond donors (Lipinski definition) is 1. The molecule has 7 heteroatoms. The van der Waals surface area contributed by atoms with Crippen LogP contribution in [0.1, 0.15) is 30.9 Å². The molecule has 26 heavy (non-hydrogen) atoms. The summed E-state index contributed by atoms with van der Waals surface area (Å²) in [5, 5.41) is 3.23. The second kappa shape index (κ2) is 9.62. The van der Waals surface area contributed by atoms with E-state index in [0.717, 1.165) is 49.6 Å². The molecule has 1 N–H and O–H groups in total. The minimum Gasteiger partial charge on any atom is -0.377 e. The number of benzene rings is 1. The standard InChI is InChI=1S/C19H26F3N3O/c1-3-23-18(24-11-8-15-9-12-26-13-10-15)25(2)14-16-4-6-17(7-5-16)19(20,21)22/h4-7,9H,3,8,10-14H2,1-2H3,(H,23,24). The summed E-state index contributed by atoms with van der Waals surface area (Å²) in [6.45, 7) is 5.32. The Morgan fingerprint density at radius 2 is 2.00 bits per heavy atom. The number of alkyl halides is 3. The Morgan fingerprint density at radius 3 is 2.58 bits per heavy atom. The maximum Gasteiger partial charge on any atom is 0.416 e. The van der Waals surface area contributed by atoms with E-state index in [1.54, 1.807) is 0 Å². The van der Waals surface area contributed by atoms with Gasteiger partial charge in [0.2, 0.25) is 0 Å². The highest BCUT2D eigenvalue weighted by Gasteiger charge is 2.29. The van der Waals surface area contributed by atoms with Gasteiger partial charge in [0.1, 0.15) is 0 Å². The van der Waals surface area contributed by atoms with E-state index < -0.39 is 11.7 Å². The number of aliphatic imine (C=N–C) groups is 1. The van der Waals surface area contributed by atoms with Crippen molar-refractivity contribution in [1.29, 1.82) is 0 Å². The molecule has 0 bridgehead atoms. The maximum absolute atomic E-state index is 12.7. The van der Waals surface area contributed by atoms with Gasteiger partial charge in [-0.15, -0.1) is 0 Å². The van der Waals surface area contributed by atoms with Gasteiger partial charge in [0.05, 0.1) is 18.8 Å². The van der Waals surface area contributed by atoms with Gasteiger partial charge in [0.15, 0.2) is 5.96 Å². The third-order valence-electron chi connectivity index (χ3n) is 4.15. The number of ether oxygens (including phenoxy) is 1. The van der Waals surface area contributed by atoms with Gasteiger partial charge in [-0.3, -0.25) is 4.99 Å². The second-order valence-electron chi connectivity index (χ2n) is 6.22. The fourth-order valence-corrected chi connectivity index (χ4v) is 2.72. The van der Waals surface area contributed by atoms with E-state index in [9.17, 15) is 13.2 Å². The summed E-state index contributed by atoms with van der Waals surface area (Å²) in [6, 6.07) is 5.25. The zero-order valence-corrected chi connectivity index (χ0v) is 15.3. The van der Waals surface area contributed by atoms with Crippen LogP contribution in [0, 0.1) is 0 Å². The summed E-state index contributed by atoms with van der Waals surface area (Å²) in [4.78, 5) is 6.55. The first-order valence-electron chi connectivity index (χ1n) is 8.81. The van der Waals surface area contributed by atoms with Crippen molar-refractivity contribution in [3.8, 4) is 0 Å². The highest BCUT2D eigenvalue weighted by molar-refractivity contribution is 5.79. The van der Waals surface area contributed by atoms with E-state index in [-0.39, 0.29) is 0 Å². The molecule has 0 aliphatic carbocycles. The quantitative estimate of drug-likeness (QED) is 0.470. The lowest BCUT2D eigenvalue weighted by molar-refractivity contribution is -0.137. The lowest BCUT2D eigenvalue weighted by atomic mass is 10.1. The Labute approximate surface area is 152 Å². The third-order valence-corrected chi connectivity index (χ3v) is 4.15. The van der Waals surface area contributed by atoms with Crippen LogP contribution in [-0.2, 0) is 17.5 Å². The molecule has 0 unspecified atom stereocenters. The van der Waals surface area contributed by atoms with Gasteiger partial charge in [0, 0.05) is 26.7 Å². The fraction of sp³-hybridized carbons (Fsp3) is 0.526. The fourth-order valence-electron chi connectivity index (χ4n) is 2.72. The van der Waals surface area contributed by atoms with Crippen LogP contribution >= 0.6 is 0 Å². The lowest BCUT2D eigenvalue weighted by Gasteiger charge is -2.22. The Hall–Kier alpha value is -2.02. The highest BCUT2D eigenvalue weighted by atomic mass is 19.4. The third kappa shape index (κ3) is 6.37. The van der Waals surface area contributed by atoms with E-state index in [1.165, 1.54) is 17.7 Å². The van der Waals surface area contributed by atoms with Crippen LogP contribution in [0.25, 0.3) is 0 Å². The number of hydrogen-bond acceptors (Lipinski definition) is 2. The predicted molar refractivity (Wildman–Crippen MR) is 97.0 cm³/mol. The lowest BCUT2D eigenvalue weighted by Crippen LogP contribution is -2.38. The molecule has 0 radical (unpaired) electrons. The van der Waals surface area contributed by atoms with Gasteiger partial charge in [-0.2, -0.15) is 13.2 Å². The molecule has 0 spiro atoms. The molecule has 1 aliphatic heterocycles. The normalized spacial score (nSPS) is 15.6. The van der Waals surface area contributed by atoms with Crippen LogP contribution in [0.4, 0.5) is 13.2 Å². The van der Waals surface area contributed by atoms with Crippen molar-refractivity contribution in [3.63, 3.8) is 0 Å². The average molecular weight is 369 g/mol. The number of guanidine groups is 1. The number of halogens is 3. The van der Waals surface area contributed by atoms with Crippen LogP contribution in [0.3, 0.4) is 0 Å². The number of rotatable bonds is 6. The summed E-state index contributed by atoms with van der Waals surface area (Å²) in [7, 11) is 1.88. The topological polar surface area (TPSA) is 36.9 Å². The molecular formula is C19H26F3N3O. The predicted octanol–water partition coefficient (Wildman–Crippen LogP) is 3.84. The SMILES string of the molecule is CCNC(=NCCC1=CCOCC1)N(C)Cc1ccc(C(F)(F)F)cc1. The van der Waals surface area contributed by atoms with Crippen molar-refractivity contribution in [3.05, 3.63) is 47.0 Å². The van der Waals surface area contributed by atoms with E-state index in [2.05, 4.69) is 16.4 Å². The smallest absolute Gasteiger partial charge is 0.377 e. The molecule has 0 saturated carbocycles. The first kappa shape index (κ1) is 20.3. The van der Waals surface area contributed by atoms with Crippen LogP contribution < -0.4 is 5.32 Å². The van der Waals surface area contributed by atoms with Crippen molar-refractivity contribution in [1.82, 2.24) is 10.2 Å².